The topological polar surface area (TPSA) is 50.1 Å². The van der Waals surface area contributed by atoms with Crippen LogP contribution in [0.3, 0.4) is 0 Å². The Kier molecular flexibility index (Phi) is 9.22. The van der Waals surface area contributed by atoms with E-state index in [2.05, 4.69) is 39.4 Å². The molecular weight excluding hydrogens is 570 g/mol. The number of nitrogens with zero attached hydrogens (tertiary/aromatic N) is 6. The number of fused-ring (bicyclic) bond motifs is 1. The molecule has 234 valence electrons. The molecule has 1 aromatic heterocycles. The molecule has 2 aliphatic rings. The van der Waals surface area contributed by atoms with Crippen LogP contribution in [0.4, 0.5) is 38.0 Å². The summed E-state index contributed by atoms with van der Waals surface area (Å²) >= 11 is 0. The summed E-state index contributed by atoms with van der Waals surface area (Å²) in [7, 11) is 0. The van der Waals surface area contributed by atoms with E-state index < -0.39 is 23.5 Å². The first-order valence-corrected chi connectivity index (χ1v) is 15.1. The van der Waals surface area contributed by atoms with Crippen molar-refractivity contribution < 1.29 is 26.3 Å². The average molecular weight is 609 g/mol. The van der Waals surface area contributed by atoms with E-state index in [1.54, 1.807) is 4.90 Å². The number of tetrazole rings is 1. The monoisotopic (exact) mass is 608 g/mol. The maximum atomic E-state index is 13.7. The predicted octanol–water partition coefficient (Wildman–Crippen LogP) is 7.83. The lowest BCUT2D eigenvalue weighted by Crippen LogP contribution is -2.32. The Morgan fingerprint density at radius 3 is 2.02 bits per heavy atom. The molecule has 0 N–H and O–H groups in total. The highest BCUT2D eigenvalue weighted by atomic mass is 19.4. The predicted molar refractivity (Wildman–Crippen MR) is 153 cm³/mol. The molecule has 0 atom stereocenters. The highest BCUT2D eigenvalue weighted by Crippen LogP contribution is 2.38. The number of rotatable bonds is 10. The Hall–Kier alpha value is -3.31. The maximum Gasteiger partial charge on any atom is 0.416 e. The van der Waals surface area contributed by atoms with Crippen molar-refractivity contribution in [3.63, 3.8) is 0 Å². The zero-order valence-corrected chi connectivity index (χ0v) is 24.6. The third-order valence-corrected chi connectivity index (χ3v) is 8.61. The van der Waals surface area contributed by atoms with Gasteiger partial charge in [0.15, 0.2) is 0 Å². The molecule has 0 saturated heterocycles. The van der Waals surface area contributed by atoms with Crippen LogP contribution in [0.5, 0.6) is 0 Å². The summed E-state index contributed by atoms with van der Waals surface area (Å²) in [6.45, 7) is 6.00. The third kappa shape index (κ3) is 7.44. The number of alkyl halides is 6. The van der Waals surface area contributed by atoms with Crippen molar-refractivity contribution in [1.82, 2.24) is 20.2 Å². The highest BCUT2D eigenvalue weighted by Gasteiger charge is 2.37. The first-order valence-electron chi connectivity index (χ1n) is 15.1. The summed E-state index contributed by atoms with van der Waals surface area (Å²) in [5.74, 6) is 0.734. The molecule has 0 radical (unpaired) electrons. The van der Waals surface area contributed by atoms with Crippen molar-refractivity contribution in [2.24, 2.45) is 5.92 Å². The van der Waals surface area contributed by atoms with Gasteiger partial charge < -0.3 is 9.80 Å². The van der Waals surface area contributed by atoms with Gasteiger partial charge >= 0.3 is 12.4 Å². The molecule has 1 fully saturated rings. The number of hydrogen-bond acceptors (Lipinski definition) is 5. The van der Waals surface area contributed by atoms with E-state index in [4.69, 9.17) is 0 Å². The fourth-order valence-corrected chi connectivity index (χ4v) is 6.39. The smallest absolute Gasteiger partial charge is 0.371 e. The van der Waals surface area contributed by atoms with E-state index in [1.807, 2.05) is 6.92 Å². The standard InChI is InChI=1S/C31H38F6N6/c1-3-41(18-21-9-6-5-7-10-21)28-16-24-12-8-11-23(24)15-25(28)20-42(29-38-40-43(4-2)39-29)19-22-13-26(30(32,33)34)17-27(14-22)31(35,36)37/h13-17,21H,3-12,18-20H2,1-2H3. The molecule has 5 rings (SSSR count). The lowest BCUT2D eigenvalue weighted by Gasteiger charge is -2.33. The summed E-state index contributed by atoms with van der Waals surface area (Å²) in [5.41, 5.74) is 1.73. The van der Waals surface area contributed by atoms with E-state index in [0.717, 1.165) is 55.7 Å². The minimum Gasteiger partial charge on any atom is -0.371 e. The first-order chi connectivity index (χ1) is 20.4. The zero-order chi connectivity index (χ0) is 30.8. The van der Waals surface area contributed by atoms with Gasteiger partial charge in [-0.15, -0.1) is 5.10 Å². The van der Waals surface area contributed by atoms with Crippen molar-refractivity contribution in [2.75, 3.05) is 22.9 Å². The van der Waals surface area contributed by atoms with Crippen LogP contribution >= 0.6 is 0 Å². The second-order valence-corrected chi connectivity index (χ2v) is 11.7. The quantitative estimate of drug-likeness (QED) is 0.220. The molecule has 0 bridgehead atoms. The average Bonchev–Trinajstić information content (AvgIpc) is 3.64. The lowest BCUT2D eigenvalue weighted by atomic mass is 9.88. The van der Waals surface area contributed by atoms with Crippen molar-refractivity contribution in [3.05, 3.63) is 63.7 Å². The second-order valence-electron chi connectivity index (χ2n) is 11.7. The van der Waals surface area contributed by atoms with Crippen molar-refractivity contribution in [1.29, 1.82) is 0 Å². The molecule has 2 aromatic carbocycles. The van der Waals surface area contributed by atoms with Gasteiger partial charge in [0, 0.05) is 31.9 Å². The van der Waals surface area contributed by atoms with Crippen LogP contribution in [0.1, 0.15) is 85.8 Å². The van der Waals surface area contributed by atoms with Crippen LogP contribution in [-0.4, -0.2) is 33.3 Å². The number of benzene rings is 2. The molecule has 43 heavy (non-hydrogen) atoms. The molecule has 1 saturated carbocycles. The summed E-state index contributed by atoms with van der Waals surface area (Å²) in [6.07, 6.45) is -0.809. The fourth-order valence-electron chi connectivity index (χ4n) is 6.39. The summed E-state index contributed by atoms with van der Waals surface area (Å²) in [6, 6.07) is 6.10. The van der Waals surface area contributed by atoms with Gasteiger partial charge in [-0.2, -0.15) is 31.1 Å². The van der Waals surface area contributed by atoms with Gasteiger partial charge in [-0.05, 0) is 104 Å². The number of anilines is 2. The van der Waals surface area contributed by atoms with E-state index in [-0.39, 0.29) is 30.7 Å². The Morgan fingerprint density at radius 1 is 0.791 bits per heavy atom. The summed E-state index contributed by atoms with van der Waals surface area (Å²) in [4.78, 5) is 5.36. The number of halogens is 6. The molecule has 1 heterocycles. The van der Waals surface area contributed by atoms with E-state index in [0.29, 0.717) is 12.5 Å². The number of aromatic nitrogens is 4. The van der Waals surface area contributed by atoms with Gasteiger partial charge in [0.1, 0.15) is 0 Å². The highest BCUT2D eigenvalue weighted by molar-refractivity contribution is 5.60. The Bertz CT molecular complexity index is 1360. The molecular formula is C31H38F6N6. The molecule has 0 unspecified atom stereocenters. The molecule has 0 amide bonds. The van der Waals surface area contributed by atoms with Crippen molar-refractivity contribution in [3.8, 4) is 0 Å². The molecule has 6 nitrogen and oxygen atoms in total. The van der Waals surface area contributed by atoms with Crippen LogP contribution in [0.15, 0.2) is 30.3 Å². The van der Waals surface area contributed by atoms with Crippen LogP contribution in [-0.2, 0) is 44.8 Å². The van der Waals surface area contributed by atoms with Crippen LogP contribution < -0.4 is 9.80 Å². The first kappa shape index (κ1) is 31.1. The zero-order valence-electron chi connectivity index (χ0n) is 24.6. The van der Waals surface area contributed by atoms with Gasteiger partial charge in [0.05, 0.1) is 17.7 Å². The van der Waals surface area contributed by atoms with E-state index in [9.17, 15) is 26.3 Å². The van der Waals surface area contributed by atoms with E-state index >= 15 is 0 Å². The third-order valence-electron chi connectivity index (χ3n) is 8.61. The van der Waals surface area contributed by atoms with Gasteiger partial charge in [-0.1, -0.05) is 30.4 Å². The maximum absolute atomic E-state index is 13.7. The Morgan fingerprint density at radius 2 is 1.44 bits per heavy atom. The lowest BCUT2D eigenvalue weighted by molar-refractivity contribution is -0.143. The van der Waals surface area contributed by atoms with Crippen molar-refractivity contribution in [2.45, 2.75) is 97.2 Å². The Labute approximate surface area is 248 Å². The van der Waals surface area contributed by atoms with Crippen LogP contribution in [0, 0.1) is 5.92 Å². The molecule has 2 aliphatic carbocycles. The Balaban J connectivity index is 1.54. The minimum atomic E-state index is -4.93. The molecule has 3 aromatic rings. The van der Waals surface area contributed by atoms with Crippen molar-refractivity contribution >= 4 is 11.6 Å². The minimum absolute atomic E-state index is 0.132. The number of aryl methyl sites for hydroxylation is 3. The SMILES string of the molecule is CCN(CC1CCCCC1)c1cc2c(cc1CN(Cc1cc(C(F)(F)F)cc(C(F)(F)F)c1)c1nnn(CC)n1)CCC2. The second kappa shape index (κ2) is 12.7. The number of hydrogen-bond donors (Lipinski definition) is 0. The molecule has 0 spiro atoms. The van der Waals surface area contributed by atoms with Gasteiger partial charge in [-0.25, -0.2) is 0 Å². The summed E-state index contributed by atoms with van der Waals surface area (Å²) < 4.78 is 82.0. The fraction of sp³-hybridized carbons (Fsp3) is 0.581. The normalized spacial score (nSPS) is 16.0. The largest absolute Gasteiger partial charge is 0.416 e. The van der Waals surface area contributed by atoms with Crippen LogP contribution in [0.2, 0.25) is 0 Å². The van der Waals surface area contributed by atoms with Crippen LogP contribution in [0.25, 0.3) is 0 Å². The molecule has 12 heteroatoms. The van der Waals surface area contributed by atoms with E-state index in [1.165, 1.54) is 48.0 Å². The van der Waals surface area contributed by atoms with Gasteiger partial charge in [0.2, 0.25) is 0 Å². The summed E-state index contributed by atoms with van der Waals surface area (Å²) in [5, 5.41) is 12.5. The molecule has 0 aliphatic heterocycles. The van der Waals surface area contributed by atoms with Gasteiger partial charge in [0.25, 0.3) is 5.95 Å². The van der Waals surface area contributed by atoms with Gasteiger partial charge in [-0.3, -0.25) is 0 Å².